The zero-order chi connectivity index (χ0) is 43.3. The summed E-state index contributed by atoms with van der Waals surface area (Å²) in [6, 6.07) is 0. The minimum absolute atomic E-state index is 0.00501. The zero-order valence-corrected chi connectivity index (χ0v) is 39.0. The van der Waals surface area contributed by atoms with Gasteiger partial charge in [-0.3, -0.25) is 9.59 Å². The molecule has 0 spiro atoms. The van der Waals surface area contributed by atoms with Crippen molar-refractivity contribution in [1.29, 1.82) is 0 Å². The Balaban J connectivity index is 1.69. The second-order valence-electron chi connectivity index (χ2n) is 17.6. The van der Waals surface area contributed by atoms with Crippen LogP contribution >= 0.6 is 0 Å². The number of fused-ring (bicyclic) bond motifs is 1. The summed E-state index contributed by atoms with van der Waals surface area (Å²) < 4.78 is 13.6. The van der Waals surface area contributed by atoms with Crippen molar-refractivity contribution in [2.24, 2.45) is 10.7 Å². The summed E-state index contributed by atoms with van der Waals surface area (Å²) in [5, 5.41) is 13.3. The van der Waals surface area contributed by atoms with E-state index in [0.29, 0.717) is 25.1 Å². The number of aliphatic imine (C=N–C) groups is 1. The topological polar surface area (TPSA) is 144 Å². The van der Waals surface area contributed by atoms with Gasteiger partial charge in [0.2, 0.25) is 0 Å². The third-order valence-corrected chi connectivity index (χ3v) is 12.0. The average Bonchev–Trinajstić information content (AvgIpc) is 3.64. The third-order valence-electron chi connectivity index (χ3n) is 12.0. The van der Waals surface area contributed by atoms with Gasteiger partial charge in [0, 0.05) is 19.4 Å². The molecule has 1 aromatic heterocycles. The summed E-state index contributed by atoms with van der Waals surface area (Å²) in [5.41, 5.74) is 6.39. The number of ether oxygens (including phenoxy) is 2. The molecule has 1 aliphatic heterocycles. The molecule has 11 nitrogen and oxygen atoms in total. The van der Waals surface area contributed by atoms with Crippen LogP contribution in [0.3, 0.4) is 0 Å². The van der Waals surface area contributed by atoms with Crippen LogP contribution in [0.5, 0.6) is 0 Å². The van der Waals surface area contributed by atoms with Crippen LogP contribution in [0.15, 0.2) is 11.3 Å². The van der Waals surface area contributed by atoms with Crippen LogP contribution in [-0.2, 0) is 25.6 Å². The van der Waals surface area contributed by atoms with Crippen molar-refractivity contribution in [2.45, 2.75) is 252 Å². The first-order chi connectivity index (χ1) is 29.4. The number of aliphatic hydroxyl groups is 1. The molecule has 4 N–H and O–H groups in total. The van der Waals surface area contributed by atoms with E-state index in [9.17, 15) is 14.7 Å². The highest BCUT2D eigenvalue weighted by molar-refractivity contribution is 5.93. The van der Waals surface area contributed by atoms with Crippen molar-refractivity contribution in [2.75, 3.05) is 31.6 Å². The maximum Gasteiger partial charge on any atom is 0.306 e. The summed E-state index contributed by atoms with van der Waals surface area (Å²) in [6.45, 7) is 11.2. The number of rotatable bonds is 42. The number of aromatic nitrogens is 2. The van der Waals surface area contributed by atoms with Crippen LogP contribution < -0.4 is 11.1 Å². The first-order valence-electron chi connectivity index (χ1n) is 25.3. The Labute approximate surface area is 367 Å². The molecule has 11 heteroatoms. The van der Waals surface area contributed by atoms with Gasteiger partial charge in [0.15, 0.2) is 12.2 Å². The van der Waals surface area contributed by atoms with E-state index in [0.717, 1.165) is 128 Å². The Morgan fingerprint density at radius 3 is 1.70 bits per heavy atom. The second kappa shape index (κ2) is 36.9. The van der Waals surface area contributed by atoms with Crippen molar-refractivity contribution in [3.05, 3.63) is 12.0 Å². The predicted molar refractivity (Wildman–Crippen MR) is 249 cm³/mol. The lowest BCUT2D eigenvalue weighted by Crippen LogP contribution is -2.30. The van der Waals surface area contributed by atoms with Crippen LogP contribution in [0, 0.1) is 0 Å². The number of hydrogen-bond acceptors (Lipinski definition) is 10. The Bertz CT molecular complexity index is 1210. The summed E-state index contributed by atoms with van der Waals surface area (Å²) in [4.78, 5) is 36.0. The average molecular weight is 845 g/mol. The van der Waals surface area contributed by atoms with Crippen molar-refractivity contribution in [1.82, 2.24) is 14.5 Å². The largest absolute Gasteiger partial charge is 0.466 e. The number of hydrogen-bond donors (Lipinski definition) is 3. The first-order valence-corrected chi connectivity index (χ1v) is 25.3. The summed E-state index contributed by atoms with van der Waals surface area (Å²) in [7, 11) is 0. The maximum absolute atomic E-state index is 12.9. The lowest BCUT2D eigenvalue weighted by atomic mass is 10.0. The molecule has 348 valence electrons. The van der Waals surface area contributed by atoms with Crippen molar-refractivity contribution >= 4 is 23.7 Å². The molecule has 1 atom stereocenters. The highest BCUT2D eigenvalue weighted by Gasteiger charge is 2.23. The summed E-state index contributed by atoms with van der Waals surface area (Å²) in [6.07, 6.45) is 38.2. The Morgan fingerprint density at radius 1 is 0.667 bits per heavy atom. The summed E-state index contributed by atoms with van der Waals surface area (Å²) >= 11 is 0. The van der Waals surface area contributed by atoms with Gasteiger partial charge in [-0.05, 0) is 83.8 Å². The van der Waals surface area contributed by atoms with Crippen LogP contribution in [-0.4, -0.2) is 69.8 Å². The number of nitrogens with one attached hydrogen (secondary N) is 1. The highest BCUT2D eigenvalue weighted by Crippen LogP contribution is 2.26. The SMILES string of the molecule is CCCCCCCCOC(=O)CCCCCCCN(CCCCCCCC(=O)OC(CCCCCCCC)CCCCCCCC)CCCn1cnc2c1NC(N)=NC2O. The van der Waals surface area contributed by atoms with E-state index in [1.807, 2.05) is 4.57 Å². The van der Waals surface area contributed by atoms with Crippen LogP contribution in [0.2, 0.25) is 0 Å². The molecule has 0 bridgehead atoms. The summed E-state index contributed by atoms with van der Waals surface area (Å²) in [5.74, 6) is 0.893. The van der Waals surface area contributed by atoms with E-state index in [2.05, 4.69) is 41.0 Å². The van der Waals surface area contributed by atoms with E-state index in [1.54, 1.807) is 6.33 Å². The Kier molecular flexibility index (Phi) is 32.9. The zero-order valence-electron chi connectivity index (χ0n) is 39.0. The Hall–Kier alpha value is -2.66. The molecule has 1 aromatic rings. The molecular weight excluding hydrogens is 753 g/mol. The Morgan fingerprint density at radius 2 is 1.13 bits per heavy atom. The molecule has 0 amide bonds. The smallest absolute Gasteiger partial charge is 0.306 e. The molecule has 0 saturated carbocycles. The van der Waals surface area contributed by atoms with Crippen molar-refractivity contribution in [3.8, 4) is 0 Å². The van der Waals surface area contributed by atoms with Crippen LogP contribution in [0.4, 0.5) is 5.82 Å². The van der Waals surface area contributed by atoms with E-state index in [1.165, 1.54) is 103 Å². The highest BCUT2D eigenvalue weighted by atomic mass is 16.5. The van der Waals surface area contributed by atoms with Gasteiger partial charge in [0.05, 0.1) is 12.9 Å². The van der Waals surface area contributed by atoms with Gasteiger partial charge < -0.3 is 35.1 Å². The number of guanidine groups is 1. The van der Waals surface area contributed by atoms with Gasteiger partial charge >= 0.3 is 11.9 Å². The van der Waals surface area contributed by atoms with E-state index in [-0.39, 0.29) is 24.0 Å². The number of aryl methyl sites for hydroxylation is 1. The van der Waals surface area contributed by atoms with E-state index >= 15 is 0 Å². The lowest BCUT2D eigenvalue weighted by Gasteiger charge is -2.23. The van der Waals surface area contributed by atoms with Gasteiger partial charge in [0.1, 0.15) is 17.6 Å². The normalized spacial score (nSPS) is 13.8. The van der Waals surface area contributed by atoms with E-state index in [4.69, 9.17) is 15.2 Å². The van der Waals surface area contributed by atoms with Gasteiger partial charge in [-0.15, -0.1) is 0 Å². The fourth-order valence-corrected chi connectivity index (χ4v) is 8.26. The first kappa shape index (κ1) is 53.5. The maximum atomic E-state index is 12.9. The van der Waals surface area contributed by atoms with Crippen LogP contribution in [0.1, 0.15) is 245 Å². The number of nitrogens with two attached hydrogens (primary N) is 1. The molecular formula is C49H92N6O5. The number of imidazole rings is 1. The molecule has 1 unspecified atom stereocenters. The number of carbonyl (C=O) groups is 2. The number of carbonyl (C=O) groups excluding carboxylic acids is 2. The number of nitrogens with zero attached hydrogens (tertiary/aromatic N) is 4. The second-order valence-corrected chi connectivity index (χ2v) is 17.6. The molecule has 60 heavy (non-hydrogen) atoms. The number of aliphatic hydroxyl groups excluding tert-OH is 1. The minimum Gasteiger partial charge on any atom is -0.466 e. The molecule has 0 radical (unpaired) electrons. The van der Waals surface area contributed by atoms with Gasteiger partial charge in [0.25, 0.3) is 0 Å². The van der Waals surface area contributed by atoms with Gasteiger partial charge in [-0.25, -0.2) is 9.98 Å². The lowest BCUT2D eigenvalue weighted by molar-refractivity contribution is -0.150. The quantitative estimate of drug-likeness (QED) is 0.0432. The van der Waals surface area contributed by atoms with E-state index < -0.39 is 6.23 Å². The molecule has 0 aromatic carbocycles. The van der Waals surface area contributed by atoms with Gasteiger partial charge in [-0.2, -0.15) is 0 Å². The van der Waals surface area contributed by atoms with Crippen LogP contribution in [0.25, 0.3) is 0 Å². The predicted octanol–water partition coefficient (Wildman–Crippen LogP) is 12.3. The number of unbranched alkanes of at least 4 members (excludes halogenated alkanes) is 23. The minimum atomic E-state index is -1.03. The monoisotopic (exact) mass is 845 g/mol. The number of esters is 2. The third kappa shape index (κ3) is 27.3. The molecule has 0 saturated heterocycles. The van der Waals surface area contributed by atoms with Gasteiger partial charge in [-0.1, -0.05) is 156 Å². The molecule has 0 fully saturated rings. The molecule has 0 aliphatic carbocycles. The standard InChI is InChI=1S/C49H92N6O5/c1-4-7-10-13-18-25-33-43(34-26-19-14-11-8-5-2)60-45(57)36-28-21-17-23-30-38-54(39-32-40-55-42-51-46-47(55)52-49(50)53-48(46)58)37-29-22-16-20-27-35-44(56)59-41-31-24-15-12-9-6-3/h42-43,48,58H,4-41H2,1-3H3,(H3,50,52,53). The number of anilines is 1. The van der Waals surface area contributed by atoms with Crippen molar-refractivity contribution in [3.63, 3.8) is 0 Å². The van der Waals surface area contributed by atoms with Crippen molar-refractivity contribution < 1.29 is 24.2 Å². The fraction of sp³-hybridized carbons (Fsp3) is 0.878. The molecule has 2 rings (SSSR count). The molecule has 2 heterocycles. The fourth-order valence-electron chi connectivity index (χ4n) is 8.26. The molecule has 1 aliphatic rings.